The molecular formula is C21H28N2O. The Labute approximate surface area is 145 Å². The van der Waals surface area contributed by atoms with E-state index in [1.807, 2.05) is 0 Å². The Bertz CT molecular complexity index is 669. The summed E-state index contributed by atoms with van der Waals surface area (Å²) >= 11 is 0. The van der Waals surface area contributed by atoms with Gasteiger partial charge in [0, 0.05) is 24.8 Å². The summed E-state index contributed by atoms with van der Waals surface area (Å²) in [6.07, 6.45) is 2.49. The molecule has 24 heavy (non-hydrogen) atoms. The smallest absolute Gasteiger partial charge is 0.122 e. The van der Waals surface area contributed by atoms with Crippen LogP contribution in [0.3, 0.4) is 0 Å². The lowest BCUT2D eigenvalue weighted by molar-refractivity contribution is 0.208. The van der Waals surface area contributed by atoms with E-state index in [1.54, 1.807) is 7.11 Å². The van der Waals surface area contributed by atoms with Gasteiger partial charge in [-0.15, -0.1) is 0 Å². The Balaban J connectivity index is 1.64. The third kappa shape index (κ3) is 3.90. The molecule has 1 aliphatic rings. The summed E-state index contributed by atoms with van der Waals surface area (Å²) in [4.78, 5) is 2.57. The van der Waals surface area contributed by atoms with Crippen molar-refractivity contribution >= 4 is 5.69 Å². The molecule has 1 heterocycles. The Kier molecular flexibility index (Phi) is 5.41. The van der Waals surface area contributed by atoms with E-state index < -0.39 is 0 Å². The van der Waals surface area contributed by atoms with E-state index in [0.29, 0.717) is 6.04 Å². The highest BCUT2D eigenvalue weighted by molar-refractivity contribution is 5.44. The Morgan fingerprint density at radius 3 is 2.62 bits per heavy atom. The first-order valence-electron chi connectivity index (χ1n) is 8.84. The van der Waals surface area contributed by atoms with Crippen LogP contribution in [-0.4, -0.2) is 31.1 Å². The fourth-order valence-electron chi connectivity index (χ4n) is 3.57. The van der Waals surface area contributed by atoms with E-state index in [-0.39, 0.29) is 0 Å². The van der Waals surface area contributed by atoms with Gasteiger partial charge in [0.1, 0.15) is 5.75 Å². The minimum Gasteiger partial charge on any atom is -0.496 e. The van der Waals surface area contributed by atoms with Crippen molar-refractivity contribution in [1.29, 1.82) is 0 Å². The predicted octanol–water partition coefficient (Wildman–Crippen LogP) is 4.39. The normalized spacial score (nSPS) is 18.4. The van der Waals surface area contributed by atoms with E-state index in [0.717, 1.165) is 18.8 Å². The summed E-state index contributed by atoms with van der Waals surface area (Å²) in [6.45, 7) is 7.64. The molecule has 0 radical (unpaired) electrons. The van der Waals surface area contributed by atoms with Crippen molar-refractivity contribution in [2.45, 2.75) is 39.3 Å². The zero-order valence-corrected chi connectivity index (χ0v) is 15.0. The maximum absolute atomic E-state index is 5.43. The first kappa shape index (κ1) is 16.8. The number of nitrogens with one attached hydrogen (secondary N) is 1. The molecular weight excluding hydrogens is 296 g/mol. The quantitative estimate of drug-likeness (QED) is 0.883. The van der Waals surface area contributed by atoms with Crippen molar-refractivity contribution in [3.63, 3.8) is 0 Å². The standard InChI is InChI=1S/C21H28N2O/c1-16-17(2)21(24-3)12-11-18(16)14-23-13-7-10-20(15-23)22-19-8-5-4-6-9-19/h4-6,8-9,11-12,20,22H,7,10,13-15H2,1-3H3/t20-/m0/s1. The topological polar surface area (TPSA) is 24.5 Å². The molecule has 0 aromatic heterocycles. The molecule has 3 nitrogen and oxygen atoms in total. The van der Waals surface area contributed by atoms with E-state index in [1.165, 1.54) is 41.8 Å². The van der Waals surface area contributed by atoms with Gasteiger partial charge >= 0.3 is 0 Å². The number of rotatable bonds is 5. The molecule has 0 spiro atoms. The number of anilines is 1. The SMILES string of the molecule is COc1ccc(CN2CCC[C@H](Nc3ccccc3)C2)c(C)c1C. The molecule has 0 aliphatic carbocycles. The lowest BCUT2D eigenvalue weighted by atomic mass is 10.00. The zero-order chi connectivity index (χ0) is 16.9. The minimum absolute atomic E-state index is 0.529. The van der Waals surface area contributed by atoms with Gasteiger partial charge in [-0.1, -0.05) is 24.3 Å². The highest BCUT2D eigenvalue weighted by Crippen LogP contribution is 2.26. The number of nitrogens with zero attached hydrogens (tertiary/aromatic N) is 1. The van der Waals surface area contributed by atoms with Crippen molar-refractivity contribution < 1.29 is 4.74 Å². The van der Waals surface area contributed by atoms with Gasteiger partial charge in [0.15, 0.2) is 0 Å². The second-order valence-corrected chi connectivity index (χ2v) is 6.76. The van der Waals surface area contributed by atoms with Crippen LogP contribution in [0.2, 0.25) is 0 Å². The van der Waals surface area contributed by atoms with Crippen LogP contribution in [0, 0.1) is 13.8 Å². The molecule has 0 bridgehead atoms. The summed E-state index contributed by atoms with van der Waals surface area (Å²) in [6, 6.07) is 15.4. The van der Waals surface area contributed by atoms with Crippen molar-refractivity contribution in [1.82, 2.24) is 4.90 Å². The van der Waals surface area contributed by atoms with Crippen LogP contribution in [0.1, 0.15) is 29.5 Å². The van der Waals surface area contributed by atoms with Crippen molar-refractivity contribution in [3.8, 4) is 5.75 Å². The molecule has 2 aromatic carbocycles. The summed E-state index contributed by atoms with van der Waals surface area (Å²) in [5, 5.41) is 3.68. The summed E-state index contributed by atoms with van der Waals surface area (Å²) < 4.78 is 5.43. The number of benzene rings is 2. The van der Waals surface area contributed by atoms with Gasteiger partial charge in [-0.2, -0.15) is 0 Å². The van der Waals surface area contributed by atoms with Crippen LogP contribution in [0.25, 0.3) is 0 Å². The highest BCUT2D eigenvalue weighted by Gasteiger charge is 2.20. The van der Waals surface area contributed by atoms with Crippen LogP contribution in [0.5, 0.6) is 5.75 Å². The van der Waals surface area contributed by atoms with Gasteiger partial charge in [0.2, 0.25) is 0 Å². The number of methoxy groups -OCH3 is 1. The van der Waals surface area contributed by atoms with Crippen molar-refractivity contribution in [2.24, 2.45) is 0 Å². The van der Waals surface area contributed by atoms with E-state index in [9.17, 15) is 0 Å². The molecule has 1 saturated heterocycles. The molecule has 3 rings (SSSR count). The molecule has 1 atom stereocenters. The molecule has 1 aliphatic heterocycles. The maximum atomic E-state index is 5.43. The van der Waals surface area contributed by atoms with Crippen LogP contribution in [0.4, 0.5) is 5.69 Å². The third-order valence-corrected chi connectivity index (χ3v) is 5.11. The number of likely N-dealkylation sites (tertiary alicyclic amines) is 1. The van der Waals surface area contributed by atoms with E-state index in [4.69, 9.17) is 4.74 Å². The number of piperidine rings is 1. The van der Waals surface area contributed by atoms with Gasteiger partial charge in [0.05, 0.1) is 7.11 Å². The predicted molar refractivity (Wildman–Crippen MR) is 101 cm³/mol. The number of hydrogen-bond acceptors (Lipinski definition) is 3. The largest absolute Gasteiger partial charge is 0.496 e. The van der Waals surface area contributed by atoms with Crippen LogP contribution in [0.15, 0.2) is 42.5 Å². The fraction of sp³-hybridized carbons (Fsp3) is 0.429. The minimum atomic E-state index is 0.529. The van der Waals surface area contributed by atoms with Gasteiger partial charge in [-0.3, -0.25) is 4.90 Å². The third-order valence-electron chi connectivity index (χ3n) is 5.11. The van der Waals surface area contributed by atoms with Crippen molar-refractivity contribution in [2.75, 3.05) is 25.5 Å². The Hall–Kier alpha value is -2.00. The lowest BCUT2D eigenvalue weighted by Gasteiger charge is -2.34. The number of hydrogen-bond donors (Lipinski definition) is 1. The van der Waals surface area contributed by atoms with Gasteiger partial charge in [0.25, 0.3) is 0 Å². The maximum Gasteiger partial charge on any atom is 0.122 e. The molecule has 0 unspecified atom stereocenters. The molecule has 128 valence electrons. The van der Waals surface area contributed by atoms with Crippen molar-refractivity contribution in [3.05, 3.63) is 59.2 Å². The molecule has 1 N–H and O–H groups in total. The monoisotopic (exact) mass is 324 g/mol. The van der Waals surface area contributed by atoms with E-state index >= 15 is 0 Å². The zero-order valence-electron chi connectivity index (χ0n) is 15.0. The summed E-state index contributed by atoms with van der Waals surface area (Å²) in [7, 11) is 1.74. The van der Waals surface area contributed by atoms with Gasteiger partial charge in [-0.25, -0.2) is 0 Å². The number of ether oxygens (including phenoxy) is 1. The second-order valence-electron chi connectivity index (χ2n) is 6.76. The molecule has 1 fully saturated rings. The lowest BCUT2D eigenvalue weighted by Crippen LogP contribution is -2.41. The molecule has 2 aromatic rings. The van der Waals surface area contributed by atoms with Gasteiger partial charge < -0.3 is 10.1 Å². The number of para-hydroxylation sites is 1. The second kappa shape index (κ2) is 7.71. The molecule has 0 saturated carbocycles. The molecule has 3 heteroatoms. The summed E-state index contributed by atoms with van der Waals surface area (Å²) in [5.41, 5.74) is 5.24. The Morgan fingerprint density at radius 1 is 1.08 bits per heavy atom. The first-order chi connectivity index (χ1) is 11.7. The highest BCUT2D eigenvalue weighted by atomic mass is 16.5. The van der Waals surface area contributed by atoms with E-state index in [2.05, 4.69) is 66.5 Å². The van der Waals surface area contributed by atoms with Crippen LogP contribution in [-0.2, 0) is 6.54 Å². The average molecular weight is 324 g/mol. The van der Waals surface area contributed by atoms with Crippen LogP contribution < -0.4 is 10.1 Å². The molecule has 0 amide bonds. The average Bonchev–Trinajstić information content (AvgIpc) is 2.60. The summed E-state index contributed by atoms with van der Waals surface area (Å²) in [5.74, 6) is 0.985. The first-order valence-corrected chi connectivity index (χ1v) is 8.84. The Morgan fingerprint density at radius 2 is 1.88 bits per heavy atom. The fourth-order valence-corrected chi connectivity index (χ4v) is 3.57. The van der Waals surface area contributed by atoms with Gasteiger partial charge in [-0.05, 0) is 68.1 Å². The van der Waals surface area contributed by atoms with Crippen LogP contribution >= 0.6 is 0 Å².